The van der Waals surface area contributed by atoms with Gasteiger partial charge in [0.15, 0.2) is 17.8 Å². The number of rotatable bonds is 3. The molecule has 0 amide bonds. The summed E-state index contributed by atoms with van der Waals surface area (Å²) in [6.07, 6.45) is -0.492. The number of nitrogens with two attached hydrogens (primary N) is 1. The Labute approximate surface area is 105 Å². The second kappa shape index (κ2) is 4.64. The van der Waals surface area contributed by atoms with Gasteiger partial charge in [0.05, 0.1) is 19.8 Å². The third-order valence-corrected chi connectivity index (χ3v) is 2.97. The maximum Gasteiger partial charge on any atom is 0.231 e. The number of ether oxygens (including phenoxy) is 5. The Morgan fingerprint density at radius 3 is 3.00 bits per heavy atom. The maximum atomic E-state index is 5.66. The lowest BCUT2D eigenvalue weighted by Gasteiger charge is -2.13. The molecule has 2 heterocycles. The molecule has 18 heavy (non-hydrogen) atoms. The van der Waals surface area contributed by atoms with Crippen molar-refractivity contribution in [3.8, 4) is 17.2 Å². The molecule has 0 radical (unpaired) electrons. The molecule has 1 aromatic rings. The van der Waals surface area contributed by atoms with Crippen molar-refractivity contribution in [2.45, 2.75) is 12.4 Å². The van der Waals surface area contributed by atoms with Crippen molar-refractivity contribution in [1.82, 2.24) is 0 Å². The average molecular weight is 253 g/mol. The fraction of sp³-hybridized carbons (Fsp3) is 0.500. The molecular weight excluding hydrogens is 238 g/mol. The third-order valence-electron chi connectivity index (χ3n) is 2.97. The number of hydrogen-bond acceptors (Lipinski definition) is 6. The van der Waals surface area contributed by atoms with E-state index < -0.39 is 6.29 Å². The predicted molar refractivity (Wildman–Crippen MR) is 61.7 cm³/mol. The number of benzene rings is 1. The molecule has 98 valence electrons. The molecule has 2 atom stereocenters. The zero-order chi connectivity index (χ0) is 12.5. The van der Waals surface area contributed by atoms with Gasteiger partial charge in [0.1, 0.15) is 0 Å². The van der Waals surface area contributed by atoms with E-state index in [-0.39, 0.29) is 12.9 Å². The van der Waals surface area contributed by atoms with Crippen LogP contribution in [-0.2, 0) is 9.47 Å². The topological polar surface area (TPSA) is 72.2 Å². The predicted octanol–water partition coefficient (Wildman–Crippen LogP) is 0.797. The smallest absolute Gasteiger partial charge is 0.231 e. The molecule has 1 saturated heterocycles. The molecular formula is C12H15NO5. The quantitative estimate of drug-likeness (QED) is 0.859. The Balaban J connectivity index is 1.89. The summed E-state index contributed by atoms with van der Waals surface area (Å²) in [7, 11) is 1.58. The first-order valence-electron chi connectivity index (χ1n) is 5.76. The van der Waals surface area contributed by atoms with Crippen molar-refractivity contribution < 1.29 is 23.7 Å². The first-order chi connectivity index (χ1) is 8.81. The Kier molecular flexibility index (Phi) is 2.99. The van der Waals surface area contributed by atoms with Gasteiger partial charge in [-0.15, -0.1) is 0 Å². The lowest BCUT2D eigenvalue weighted by atomic mass is 10.1. The molecule has 3 rings (SSSR count). The molecule has 0 bridgehead atoms. The van der Waals surface area contributed by atoms with Crippen molar-refractivity contribution in [3.05, 3.63) is 17.7 Å². The molecule has 2 unspecified atom stereocenters. The zero-order valence-electron chi connectivity index (χ0n) is 10.0. The maximum absolute atomic E-state index is 5.66. The van der Waals surface area contributed by atoms with Crippen molar-refractivity contribution in [3.63, 3.8) is 0 Å². The van der Waals surface area contributed by atoms with E-state index >= 15 is 0 Å². The van der Waals surface area contributed by atoms with Crippen molar-refractivity contribution >= 4 is 0 Å². The van der Waals surface area contributed by atoms with Gasteiger partial charge < -0.3 is 29.4 Å². The van der Waals surface area contributed by atoms with Crippen LogP contribution >= 0.6 is 0 Å². The van der Waals surface area contributed by atoms with Gasteiger partial charge in [0.25, 0.3) is 0 Å². The highest BCUT2D eigenvalue weighted by Gasteiger charge is 2.29. The summed E-state index contributed by atoms with van der Waals surface area (Å²) in [4.78, 5) is 0. The molecule has 6 heteroatoms. The average Bonchev–Trinajstić information content (AvgIpc) is 3.05. The van der Waals surface area contributed by atoms with Gasteiger partial charge in [-0.05, 0) is 12.1 Å². The highest BCUT2D eigenvalue weighted by molar-refractivity contribution is 5.55. The van der Waals surface area contributed by atoms with Gasteiger partial charge in [-0.2, -0.15) is 0 Å². The van der Waals surface area contributed by atoms with Crippen LogP contribution < -0.4 is 19.9 Å². The van der Waals surface area contributed by atoms with E-state index in [9.17, 15) is 0 Å². The monoisotopic (exact) mass is 253 g/mol. The van der Waals surface area contributed by atoms with Crippen LogP contribution in [0.2, 0.25) is 0 Å². The molecule has 0 aliphatic carbocycles. The number of hydrogen-bond donors (Lipinski definition) is 1. The molecule has 2 aliphatic rings. The van der Waals surface area contributed by atoms with E-state index in [1.54, 1.807) is 7.11 Å². The van der Waals surface area contributed by atoms with Crippen molar-refractivity contribution in [2.24, 2.45) is 5.73 Å². The first-order valence-corrected chi connectivity index (χ1v) is 5.76. The van der Waals surface area contributed by atoms with Gasteiger partial charge in [0, 0.05) is 12.1 Å². The number of fused-ring (bicyclic) bond motifs is 1. The minimum atomic E-state index is -0.429. The first kappa shape index (κ1) is 11.6. The summed E-state index contributed by atoms with van der Waals surface area (Å²) in [5.74, 6) is 1.88. The molecule has 1 fully saturated rings. The fourth-order valence-electron chi connectivity index (χ4n) is 2.03. The van der Waals surface area contributed by atoms with Gasteiger partial charge in [-0.1, -0.05) is 0 Å². The van der Waals surface area contributed by atoms with E-state index in [1.165, 1.54) is 0 Å². The highest BCUT2D eigenvalue weighted by Crippen LogP contribution is 2.44. The Bertz CT molecular complexity index is 450. The summed E-state index contributed by atoms with van der Waals surface area (Å²) in [6, 6.07) is 3.67. The molecule has 0 spiro atoms. The molecule has 0 aromatic heterocycles. The van der Waals surface area contributed by atoms with Gasteiger partial charge in [0.2, 0.25) is 12.5 Å². The van der Waals surface area contributed by atoms with E-state index in [0.29, 0.717) is 30.4 Å². The van der Waals surface area contributed by atoms with E-state index in [2.05, 4.69) is 0 Å². The van der Waals surface area contributed by atoms with Crippen LogP contribution in [0.1, 0.15) is 11.9 Å². The van der Waals surface area contributed by atoms with Gasteiger partial charge in [-0.25, -0.2) is 0 Å². The second-order valence-electron chi connectivity index (χ2n) is 4.12. The van der Waals surface area contributed by atoms with Crippen LogP contribution in [0.3, 0.4) is 0 Å². The lowest BCUT2D eigenvalue weighted by Crippen LogP contribution is -2.21. The van der Waals surface area contributed by atoms with Crippen LogP contribution in [0.4, 0.5) is 0 Å². The van der Waals surface area contributed by atoms with Crippen molar-refractivity contribution in [2.75, 3.05) is 27.1 Å². The summed E-state index contributed by atoms with van der Waals surface area (Å²) in [6.45, 7) is 1.14. The van der Waals surface area contributed by atoms with Crippen LogP contribution in [0.25, 0.3) is 0 Å². The zero-order valence-corrected chi connectivity index (χ0v) is 10.0. The van der Waals surface area contributed by atoms with E-state index in [1.807, 2.05) is 12.1 Å². The van der Waals surface area contributed by atoms with Gasteiger partial charge >= 0.3 is 0 Å². The SMILES string of the molecule is COc1cc(C2OCC(CN)O2)cc2c1OCO2. The van der Waals surface area contributed by atoms with Crippen LogP contribution in [0.5, 0.6) is 17.2 Å². The third kappa shape index (κ3) is 1.88. The van der Waals surface area contributed by atoms with Crippen LogP contribution in [0.15, 0.2) is 12.1 Å². The molecule has 2 aliphatic heterocycles. The summed E-state index contributed by atoms with van der Waals surface area (Å²) in [5.41, 5.74) is 6.39. The van der Waals surface area contributed by atoms with Crippen LogP contribution in [0, 0.1) is 0 Å². The molecule has 1 aromatic carbocycles. The minimum Gasteiger partial charge on any atom is -0.493 e. The van der Waals surface area contributed by atoms with E-state index in [4.69, 9.17) is 29.4 Å². The summed E-state index contributed by atoms with van der Waals surface area (Å²) >= 11 is 0. The summed E-state index contributed by atoms with van der Waals surface area (Å²) in [5, 5.41) is 0. The normalized spacial score (nSPS) is 25.4. The largest absolute Gasteiger partial charge is 0.493 e. The Hall–Kier alpha value is -1.50. The van der Waals surface area contributed by atoms with Gasteiger partial charge in [-0.3, -0.25) is 0 Å². The molecule has 6 nitrogen and oxygen atoms in total. The standard InChI is InChI=1S/C12H15NO5/c1-14-9-2-7(3-10-11(9)17-6-16-10)12-15-5-8(4-13)18-12/h2-3,8,12H,4-6,13H2,1H3. The summed E-state index contributed by atoms with van der Waals surface area (Å²) < 4.78 is 27.2. The number of methoxy groups -OCH3 is 1. The Morgan fingerprint density at radius 2 is 2.28 bits per heavy atom. The minimum absolute atomic E-state index is 0.0635. The van der Waals surface area contributed by atoms with E-state index in [0.717, 1.165) is 5.56 Å². The lowest BCUT2D eigenvalue weighted by molar-refractivity contribution is -0.0587. The van der Waals surface area contributed by atoms with Crippen LogP contribution in [-0.4, -0.2) is 33.2 Å². The van der Waals surface area contributed by atoms with Crippen molar-refractivity contribution in [1.29, 1.82) is 0 Å². The molecule has 2 N–H and O–H groups in total. The molecule has 0 saturated carbocycles. The Morgan fingerprint density at radius 1 is 1.39 bits per heavy atom. The fourth-order valence-corrected chi connectivity index (χ4v) is 2.03. The highest BCUT2D eigenvalue weighted by atomic mass is 16.7. The second-order valence-corrected chi connectivity index (χ2v) is 4.12.